The van der Waals surface area contributed by atoms with Crippen molar-refractivity contribution in [2.75, 3.05) is 6.54 Å². The molecule has 1 aromatic carbocycles. The van der Waals surface area contributed by atoms with Crippen LogP contribution in [-0.2, 0) is 26.0 Å². The zero-order valence-electron chi connectivity index (χ0n) is 14.1. The number of carbonyl (C=O) groups excluding carboxylic acids is 1. The minimum Gasteiger partial charge on any atom is -0.480 e. The second-order valence-electron chi connectivity index (χ2n) is 5.76. The molecule has 0 fully saturated rings. The summed E-state index contributed by atoms with van der Waals surface area (Å²) in [6.45, 7) is 5.30. The molecule has 1 aromatic rings. The first kappa shape index (κ1) is 20.1. The summed E-state index contributed by atoms with van der Waals surface area (Å²) in [5.41, 5.74) is -0.702. The van der Waals surface area contributed by atoms with E-state index in [0.29, 0.717) is 18.4 Å². The van der Waals surface area contributed by atoms with Gasteiger partial charge in [0, 0.05) is 6.54 Å². The smallest absolute Gasteiger partial charge is 0.329 e. The highest BCUT2D eigenvalue weighted by Gasteiger charge is 2.33. The largest absolute Gasteiger partial charge is 0.480 e. The van der Waals surface area contributed by atoms with Gasteiger partial charge in [-0.1, -0.05) is 32.4 Å². The Bertz CT molecular complexity index is 685. The molecule has 1 amide bonds. The molecule has 0 radical (unpaired) electrons. The van der Waals surface area contributed by atoms with Crippen LogP contribution in [0.2, 0.25) is 0 Å². The molecule has 7 nitrogen and oxygen atoms in total. The number of sulfonamides is 1. The minimum atomic E-state index is -3.53. The highest BCUT2D eigenvalue weighted by Crippen LogP contribution is 2.14. The summed E-state index contributed by atoms with van der Waals surface area (Å²) < 4.78 is 26.1. The van der Waals surface area contributed by atoms with Crippen molar-refractivity contribution in [3.63, 3.8) is 0 Å². The maximum Gasteiger partial charge on any atom is 0.329 e. The van der Waals surface area contributed by atoms with Crippen molar-refractivity contribution in [1.29, 1.82) is 0 Å². The summed E-state index contributed by atoms with van der Waals surface area (Å²) in [6.07, 6.45) is 0.933. The van der Waals surface area contributed by atoms with Crippen molar-refractivity contribution < 1.29 is 23.1 Å². The van der Waals surface area contributed by atoms with Crippen LogP contribution in [-0.4, -0.2) is 37.5 Å². The first-order chi connectivity index (χ1) is 11.1. The lowest BCUT2D eigenvalue weighted by atomic mass is 9.96. The predicted molar refractivity (Wildman–Crippen MR) is 90.1 cm³/mol. The molecular weight excluding hydrogens is 332 g/mol. The van der Waals surface area contributed by atoms with E-state index in [1.165, 1.54) is 19.1 Å². The third-order valence-corrected chi connectivity index (χ3v) is 5.13. The molecule has 8 heteroatoms. The van der Waals surface area contributed by atoms with E-state index in [0.717, 1.165) is 0 Å². The number of aliphatic carboxylic acids is 1. The third-order valence-electron chi connectivity index (χ3n) is 3.57. The van der Waals surface area contributed by atoms with Gasteiger partial charge in [0.25, 0.3) is 0 Å². The van der Waals surface area contributed by atoms with E-state index in [4.69, 9.17) is 0 Å². The van der Waals surface area contributed by atoms with Crippen LogP contribution in [0.25, 0.3) is 0 Å². The normalized spacial score (nSPS) is 14.0. The maximum atomic E-state index is 12.1. The first-order valence-electron chi connectivity index (χ1n) is 7.77. The lowest BCUT2D eigenvalue weighted by Gasteiger charge is -2.25. The number of hydrogen-bond acceptors (Lipinski definition) is 4. The Balaban J connectivity index is 2.80. The third kappa shape index (κ3) is 5.31. The molecule has 0 aromatic heterocycles. The average molecular weight is 356 g/mol. The molecule has 1 unspecified atom stereocenters. The summed E-state index contributed by atoms with van der Waals surface area (Å²) in [5, 5.41) is 11.8. The van der Waals surface area contributed by atoms with E-state index in [2.05, 4.69) is 10.0 Å². The molecule has 0 spiro atoms. The zero-order valence-corrected chi connectivity index (χ0v) is 14.9. The average Bonchev–Trinajstić information content (AvgIpc) is 2.47. The SMILES string of the molecule is CCCC(C)(NC(=O)Cc1ccc(S(=O)(=O)NCC)cc1)C(=O)O. The quantitative estimate of drug-likeness (QED) is 0.617. The van der Waals surface area contributed by atoms with Gasteiger partial charge in [-0.25, -0.2) is 17.9 Å². The van der Waals surface area contributed by atoms with E-state index in [1.807, 2.05) is 6.92 Å². The van der Waals surface area contributed by atoms with Gasteiger partial charge in [-0.2, -0.15) is 0 Å². The molecule has 3 N–H and O–H groups in total. The van der Waals surface area contributed by atoms with Crippen molar-refractivity contribution in [2.45, 2.75) is 50.5 Å². The van der Waals surface area contributed by atoms with Crippen LogP contribution in [0.5, 0.6) is 0 Å². The van der Waals surface area contributed by atoms with Crippen LogP contribution in [0, 0.1) is 0 Å². The number of rotatable bonds is 9. The van der Waals surface area contributed by atoms with Gasteiger partial charge in [0.1, 0.15) is 5.54 Å². The number of amides is 1. The van der Waals surface area contributed by atoms with Crippen LogP contribution in [0.15, 0.2) is 29.2 Å². The van der Waals surface area contributed by atoms with E-state index in [9.17, 15) is 23.1 Å². The summed E-state index contributed by atoms with van der Waals surface area (Å²) >= 11 is 0. The van der Waals surface area contributed by atoms with Crippen molar-refractivity contribution in [1.82, 2.24) is 10.0 Å². The number of carboxylic acid groups (broad SMARTS) is 1. The fraction of sp³-hybridized carbons (Fsp3) is 0.500. The van der Waals surface area contributed by atoms with E-state index in [-0.39, 0.29) is 17.9 Å². The van der Waals surface area contributed by atoms with Crippen molar-refractivity contribution in [2.24, 2.45) is 0 Å². The van der Waals surface area contributed by atoms with Crippen LogP contribution < -0.4 is 10.0 Å². The Labute approximate surface area is 142 Å². The lowest BCUT2D eigenvalue weighted by molar-refractivity contribution is -0.147. The molecule has 1 atom stereocenters. The molecule has 0 bridgehead atoms. The summed E-state index contributed by atoms with van der Waals surface area (Å²) in [7, 11) is -3.53. The van der Waals surface area contributed by atoms with Gasteiger partial charge in [-0.15, -0.1) is 0 Å². The molecule has 0 aliphatic carbocycles. The predicted octanol–water partition coefficient (Wildman–Crippen LogP) is 1.29. The van der Waals surface area contributed by atoms with Gasteiger partial charge in [-0.3, -0.25) is 4.79 Å². The van der Waals surface area contributed by atoms with E-state index < -0.39 is 27.4 Å². The zero-order chi connectivity index (χ0) is 18.4. The lowest BCUT2D eigenvalue weighted by Crippen LogP contribution is -2.52. The highest BCUT2D eigenvalue weighted by atomic mass is 32.2. The van der Waals surface area contributed by atoms with Gasteiger partial charge < -0.3 is 10.4 Å². The molecule has 1 rings (SSSR count). The number of nitrogens with one attached hydrogen (secondary N) is 2. The topological polar surface area (TPSA) is 113 Å². The van der Waals surface area contributed by atoms with Crippen molar-refractivity contribution >= 4 is 21.9 Å². The fourth-order valence-electron chi connectivity index (χ4n) is 2.32. The van der Waals surface area contributed by atoms with Crippen LogP contribution >= 0.6 is 0 Å². The van der Waals surface area contributed by atoms with Gasteiger partial charge in [0.05, 0.1) is 11.3 Å². The molecule has 0 saturated carbocycles. The van der Waals surface area contributed by atoms with Crippen LogP contribution in [0.4, 0.5) is 0 Å². The van der Waals surface area contributed by atoms with E-state index in [1.54, 1.807) is 19.1 Å². The molecular formula is C16H24N2O5S. The molecule has 0 heterocycles. The van der Waals surface area contributed by atoms with Gasteiger partial charge in [0.15, 0.2) is 0 Å². The second kappa shape index (κ2) is 8.25. The van der Waals surface area contributed by atoms with Crippen molar-refractivity contribution in [3.8, 4) is 0 Å². The van der Waals surface area contributed by atoms with Gasteiger partial charge >= 0.3 is 5.97 Å². The highest BCUT2D eigenvalue weighted by molar-refractivity contribution is 7.89. The monoisotopic (exact) mass is 356 g/mol. The molecule has 0 saturated heterocycles. The minimum absolute atomic E-state index is 0.0197. The number of carboxylic acids is 1. The Morgan fingerprint density at radius 1 is 1.17 bits per heavy atom. The van der Waals surface area contributed by atoms with Crippen molar-refractivity contribution in [3.05, 3.63) is 29.8 Å². The number of benzene rings is 1. The Morgan fingerprint density at radius 2 is 1.75 bits per heavy atom. The van der Waals surface area contributed by atoms with Crippen LogP contribution in [0.1, 0.15) is 39.2 Å². The van der Waals surface area contributed by atoms with E-state index >= 15 is 0 Å². The fourth-order valence-corrected chi connectivity index (χ4v) is 3.36. The van der Waals surface area contributed by atoms with Gasteiger partial charge in [0.2, 0.25) is 15.9 Å². The second-order valence-corrected chi connectivity index (χ2v) is 7.52. The number of hydrogen-bond donors (Lipinski definition) is 3. The summed E-state index contributed by atoms with van der Waals surface area (Å²) in [6, 6.07) is 5.93. The Kier molecular flexibility index (Phi) is 6.92. The first-order valence-corrected chi connectivity index (χ1v) is 9.26. The van der Waals surface area contributed by atoms with Gasteiger partial charge in [-0.05, 0) is 31.0 Å². The standard InChI is InChI=1S/C16H24N2O5S/c1-4-10-16(3,15(20)21)18-14(19)11-12-6-8-13(9-7-12)24(22,23)17-5-2/h6-9,17H,4-5,10-11H2,1-3H3,(H,18,19)(H,20,21). The number of carbonyl (C=O) groups is 2. The molecule has 0 aliphatic rings. The maximum absolute atomic E-state index is 12.1. The van der Waals surface area contributed by atoms with Crippen LogP contribution in [0.3, 0.4) is 0 Å². The molecule has 0 aliphatic heterocycles. The molecule has 24 heavy (non-hydrogen) atoms. The molecule has 134 valence electrons. The summed E-state index contributed by atoms with van der Waals surface area (Å²) in [5.74, 6) is -1.50. The Morgan fingerprint density at radius 3 is 2.21 bits per heavy atom. The Hall–Kier alpha value is -1.93. The summed E-state index contributed by atoms with van der Waals surface area (Å²) in [4.78, 5) is 23.5.